The molecule has 2 rings (SSSR count). The van der Waals surface area contributed by atoms with Gasteiger partial charge in [-0.3, -0.25) is 0 Å². The van der Waals surface area contributed by atoms with Gasteiger partial charge in [-0.1, -0.05) is 0 Å². The number of cyclic esters (lactones) is 1. The van der Waals surface area contributed by atoms with Crippen molar-refractivity contribution in [2.45, 2.75) is 25.4 Å². The van der Waals surface area contributed by atoms with E-state index in [1.54, 1.807) is 0 Å². The van der Waals surface area contributed by atoms with Crippen LogP contribution in [0, 0.1) is 5.92 Å². The van der Waals surface area contributed by atoms with Crippen molar-refractivity contribution in [3.8, 4) is 0 Å². The third-order valence-corrected chi connectivity index (χ3v) is 2.35. The minimum absolute atomic E-state index is 0.183. The first kappa shape index (κ1) is 6.01. The Bertz CT molecular complexity index is 176. The van der Waals surface area contributed by atoms with Crippen LogP contribution in [-0.4, -0.2) is 18.2 Å². The van der Waals surface area contributed by atoms with Crippen LogP contribution in [0.15, 0.2) is 0 Å². The predicted molar refractivity (Wildman–Crippen MR) is 35.6 cm³/mol. The van der Waals surface area contributed by atoms with Crippen LogP contribution in [0.25, 0.3) is 0 Å². The second-order valence-corrected chi connectivity index (χ2v) is 3.33. The van der Waals surface area contributed by atoms with Gasteiger partial charge in [0, 0.05) is 5.92 Å². The van der Waals surface area contributed by atoms with Crippen LogP contribution in [0.5, 0.6) is 0 Å². The van der Waals surface area contributed by atoms with Gasteiger partial charge in [0.25, 0.3) is 0 Å². The van der Waals surface area contributed by atoms with E-state index >= 15 is 0 Å². The zero-order valence-electron chi connectivity index (χ0n) is 6.02. The van der Waals surface area contributed by atoms with Crippen molar-refractivity contribution in [2.75, 3.05) is 6.54 Å². The summed E-state index contributed by atoms with van der Waals surface area (Å²) in [5.74, 6) is 0.617. The third kappa shape index (κ3) is 0.770. The average Bonchev–Trinajstić information content (AvgIpc) is 2.62. The maximum absolute atomic E-state index is 10.7. The molecule has 0 radical (unpaired) electrons. The summed E-state index contributed by atoms with van der Waals surface area (Å²) in [5.41, 5.74) is -0.183. The third-order valence-electron chi connectivity index (χ3n) is 2.35. The zero-order valence-corrected chi connectivity index (χ0v) is 6.02. The molecule has 1 heterocycles. The molecule has 0 aromatic carbocycles. The molecule has 0 bridgehead atoms. The van der Waals surface area contributed by atoms with Crippen LogP contribution in [0.1, 0.15) is 19.8 Å². The molecule has 2 aliphatic rings. The molecule has 0 spiro atoms. The molecule has 1 N–H and O–H groups in total. The number of rotatable bonds is 1. The Morgan fingerprint density at radius 2 is 2.40 bits per heavy atom. The second-order valence-electron chi connectivity index (χ2n) is 3.33. The van der Waals surface area contributed by atoms with E-state index in [2.05, 4.69) is 5.32 Å². The van der Waals surface area contributed by atoms with Crippen LogP contribution < -0.4 is 5.32 Å². The summed E-state index contributed by atoms with van der Waals surface area (Å²) in [6.45, 7) is 2.69. The molecule has 0 aromatic rings. The highest BCUT2D eigenvalue weighted by Gasteiger charge is 2.48. The number of ether oxygens (including phenoxy) is 1. The summed E-state index contributed by atoms with van der Waals surface area (Å²) in [4.78, 5) is 10.7. The van der Waals surface area contributed by atoms with Crippen molar-refractivity contribution < 1.29 is 9.53 Å². The molecule has 1 aliphatic carbocycles. The smallest absolute Gasteiger partial charge is 0.407 e. The number of carbonyl (C=O) groups excluding carboxylic acids is 1. The Hall–Kier alpha value is -0.730. The maximum Gasteiger partial charge on any atom is 0.407 e. The predicted octanol–water partition coefficient (Wildman–Crippen LogP) is 0.895. The fraction of sp³-hybridized carbons (Fsp3) is 0.857. The first-order chi connectivity index (χ1) is 4.71. The highest BCUT2D eigenvalue weighted by molar-refractivity contribution is 5.70. The summed E-state index contributed by atoms with van der Waals surface area (Å²) in [7, 11) is 0. The van der Waals surface area contributed by atoms with Gasteiger partial charge in [-0.05, 0) is 19.8 Å². The molecule has 1 amide bonds. The number of nitrogens with one attached hydrogen (secondary N) is 1. The van der Waals surface area contributed by atoms with Crippen molar-refractivity contribution in [1.29, 1.82) is 0 Å². The number of alkyl carbamates (subject to hydrolysis) is 1. The van der Waals surface area contributed by atoms with Crippen LogP contribution in [0.3, 0.4) is 0 Å². The van der Waals surface area contributed by atoms with Gasteiger partial charge in [-0.15, -0.1) is 0 Å². The molecule has 56 valence electrons. The quantitative estimate of drug-likeness (QED) is 0.589. The molecule has 1 saturated carbocycles. The second kappa shape index (κ2) is 1.65. The van der Waals surface area contributed by atoms with Gasteiger partial charge in [0.15, 0.2) is 0 Å². The van der Waals surface area contributed by atoms with Gasteiger partial charge in [0.2, 0.25) is 0 Å². The van der Waals surface area contributed by atoms with E-state index in [4.69, 9.17) is 4.74 Å². The SMILES string of the molecule is CC1(C2CC2)CNC(=O)O1. The monoisotopic (exact) mass is 141 g/mol. The number of hydrogen-bond acceptors (Lipinski definition) is 2. The van der Waals surface area contributed by atoms with E-state index in [1.807, 2.05) is 6.92 Å². The van der Waals surface area contributed by atoms with Crippen molar-refractivity contribution in [2.24, 2.45) is 5.92 Å². The van der Waals surface area contributed by atoms with E-state index in [0.717, 1.165) is 0 Å². The Morgan fingerprint density at radius 3 is 2.80 bits per heavy atom. The molecule has 3 heteroatoms. The van der Waals surface area contributed by atoms with Gasteiger partial charge < -0.3 is 10.1 Å². The van der Waals surface area contributed by atoms with Gasteiger partial charge >= 0.3 is 6.09 Å². The highest BCUT2D eigenvalue weighted by Crippen LogP contribution is 2.42. The Morgan fingerprint density at radius 1 is 1.70 bits per heavy atom. The van der Waals surface area contributed by atoms with Crippen LogP contribution in [0.2, 0.25) is 0 Å². The molecular formula is C7H11NO2. The summed E-state index contributed by atoms with van der Waals surface area (Å²) in [5, 5.41) is 2.67. The fourth-order valence-corrected chi connectivity index (χ4v) is 1.45. The van der Waals surface area contributed by atoms with E-state index in [1.165, 1.54) is 12.8 Å². The average molecular weight is 141 g/mol. The largest absolute Gasteiger partial charge is 0.441 e. The Balaban J connectivity index is 2.08. The molecule has 1 aliphatic heterocycles. The summed E-state index contributed by atoms with van der Waals surface area (Å²) in [6.07, 6.45) is 2.17. The van der Waals surface area contributed by atoms with Gasteiger partial charge in [-0.25, -0.2) is 4.79 Å². The van der Waals surface area contributed by atoms with E-state index in [-0.39, 0.29) is 11.7 Å². The van der Waals surface area contributed by atoms with Gasteiger partial charge in [0.1, 0.15) is 5.60 Å². The summed E-state index contributed by atoms with van der Waals surface area (Å²) in [6, 6.07) is 0. The molecule has 10 heavy (non-hydrogen) atoms. The van der Waals surface area contributed by atoms with Crippen molar-refractivity contribution in [3.05, 3.63) is 0 Å². The minimum atomic E-state index is -0.255. The van der Waals surface area contributed by atoms with Crippen molar-refractivity contribution in [1.82, 2.24) is 5.32 Å². The molecule has 1 unspecified atom stereocenters. The topological polar surface area (TPSA) is 38.3 Å². The molecule has 0 aromatic heterocycles. The van der Waals surface area contributed by atoms with E-state index in [9.17, 15) is 4.79 Å². The lowest BCUT2D eigenvalue weighted by molar-refractivity contribution is 0.0542. The van der Waals surface area contributed by atoms with Crippen LogP contribution >= 0.6 is 0 Å². The first-order valence-corrected chi connectivity index (χ1v) is 3.67. The lowest BCUT2D eigenvalue weighted by Crippen LogP contribution is -2.31. The first-order valence-electron chi connectivity index (χ1n) is 3.67. The normalized spacial score (nSPS) is 39.1. The molecule has 3 nitrogen and oxygen atoms in total. The number of carbonyl (C=O) groups is 1. The molecule has 1 atom stereocenters. The van der Waals surface area contributed by atoms with E-state index < -0.39 is 0 Å². The van der Waals surface area contributed by atoms with Crippen LogP contribution in [0.4, 0.5) is 4.79 Å². The zero-order chi connectivity index (χ0) is 7.19. The van der Waals surface area contributed by atoms with Crippen molar-refractivity contribution >= 4 is 6.09 Å². The Kier molecular flexibility index (Phi) is 0.993. The van der Waals surface area contributed by atoms with Gasteiger partial charge in [0.05, 0.1) is 6.54 Å². The van der Waals surface area contributed by atoms with Crippen molar-refractivity contribution in [3.63, 3.8) is 0 Å². The number of hydrogen-bond donors (Lipinski definition) is 1. The standard InChI is InChI=1S/C7H11NO2/c1-7(5-2-3-5)4-8-6(9)10-7/h5H,2-4H2,1H3,(H,8,9). The highest BCUT2D eigenvalue weighted by atomic mass is 16.6. The van der Waals surface area contributed by atoms with Crippen LogP contribution in [-0.2, 0) is 4.74 Å². The van der Waals surface area contributed by atoms with Gasteiger partial charge in [-0.2, -0.15) is 0 Å². The Labute approximate surface area is 59.7 Å². The lowest BCUT2D eigenvalue weighted by Gasteiger charge is -2.19. The lowest BCUT2D eigenvalue weighted by atomic mass is 10.0. The number of amides is 1. The maximum atomic E-state index is 10.7. The minimum Gasteiger partial charge on any atom is -0.441 e. The molecule has 1 saturated heterocycles. The molecule has 2 fully saturated rings. The van der Waals surface area contributed by atoms with E-state index in [0.29, 0.717) is 12.5 Å². The summed E-state index contributed by atoms with van der Waals surface area (Å²) >= 11 is 0. The fourth-order valence-electron chi connectivity index (χ4n) is 1.45. The summed E-state index contributed by atoms with van der Waals surface area (Å²) < 4.78 is 5.12. The molecular weight excluding hydrogens is 130 g/mol.